The molecule has 1 aromatic rings. The topological polar surface area (TPSA) is 58.7 Å². The number of hydrogen-bond acceptors (Lipinski definition) is 3. The van der Waals surface area contributed by atoms with Crippen LogP contribution < -0.4 is 0 Å². The number of hydrogen-bond donors (Lipinski definition) is 0. The maximum atomic E-state index is 12.2. The molecule has 14 heavy (non-hydrogen) atoms. The molecule has 0 spiro atoms. The van der Waals surface area contributed by atoms with Gasteiger partial charge in [0, 0.05) is 6.20 Å². The summed E-state index contributed by atoms with van der Waals surface area (Å²) in [7, 11) is 0. The lowest BCUT2D eigenvalue weighted by atomic mass is 10.3. The molecule has 4 nitrogen and oxygen atoms in total. The van der Waals surface area contributed by atoms with E-state index in [-0.39, 0.29) is 12.8 Å². The van der Waals surface area contributed by atoms with Crippen LogP contribution in [0.2, 0.25) is 0 Å². The van der Waals surface area contributed by atoms with Gasteiger partial charge in [-0.2, -0.15) is 23.5 Å². The monoisotopic (exact) mass is 203 g/mol. The number of carbonyl (C=O) groups is 1. The van der Waals surface area contributed by atoms with Gasteiger partial charge in [0.1, 0.15) is 6.54 Å². The molecule has 0 aliphatic heterocycles. The first-order valence-electron chi connectivity index (χ1n) is 3.46. The highest BCUT2D eigenvalue weighted by Crippen LogP contribution is 2.29. The Kier molecular flexibility index (Phi) is 2.56. The molecule has 0 saturated carbocycles. The molecule has 1 heterocycles. The first kappa shape index (κ1) is 10.2. The van der Waals surface area contributed by atoms with E-state index in [4.69, 9.17) is 5.26 Å². The Morgan fingerprint density at radius 2 is 2.29 bits per heavy atom. The standard InChI is InChI=1S/C7H4F3N3O/c8-7(9,10)6-5(4-14)3-13(12-6)2-1-11/h3-4H,2H2. The van der Waals surface area contributed by atoms with Gasteiger partial charge in [-0.3, -0.25) is 9.48 Å². The van der Waals surface area contributed by atoms with Gasteiger partial charge in [-0.05, 0) is 0 Å². The third kappa shape index (κ3) is 1.90. The molecule has 1 aromatic heterocycles. The largest absolute Gasteiger partial charge is 0.435 e. The Labute approximate surface area is 76.5 Å². The van der Waals surface area contributed by atoms with E-state index in [1.54, 1.807) is 6.07 Å². The van der Waals surface area contributed by atoms with Crippen LogP contribution in [0, 0.1) is 11.3 Å². The molecule has 0 N–H and O–H groups in total. The minimum atomic E-state index is -4.67. The summed E-state index contributed by atoms with van der Waals surface area (Å²) in [5.74, 6) is 0. The molecule has 0 aliphatic rings. The zero-order valence-corrected chi connectivity index (χ0v) is 6.75. The van der Waals surface area contributed by atoms with Crippen LogP contribution in [0.3, 0.4) is 0 Å². The SMILES string of the molecule is N#CCn1cc(C=O)c(C(F)(F)F)n1. The summed E-state index contributed by atoms with van der Waals surface area (Å²) in [6.45, 7) is -0.323. The predicted octanol–water partition coefficient (Wildman–Crippen LogP) is 1.24. The molecule has 0 radical (unpaired) electrons. The van der Waals surface area contributed by atoms with Crippen molar-refractivity contribution in [2.24, 2.45) is 0 Å². The Bertz CT molecular complexity index is 388. The Morgan fingerprint density at radius 1 is 1.64 bits per heavy atom. The summed E-state index contributed by atoms with van der Waals surface area (Å²) >= 11 is 0. The predicted molar refractivity (Wildman–Crippen MR) is 38.2 cm³/mol. The summed E-state index contributed by atoms with van der Waals surface area (Å²) in [6, 6.07) is 1.62. The van der Waals surface area contributed by atoms with E-state index in [1.165, 1.54) is 0 Å². The third-order valence-electron chi connectivity index (χ3n) is 1.42. The van der Waals surface area contributed by atoms with Crippen LogP contribution in [-0.2, 0) is 12.7 Å². The molecule has 0 saturated heterocycles. The molecule has 0 atom stereocenters. The van der Waals surface area contributed by atoms with Gasteiger partial charge in [0.25, 0.3) is 0 Å². The highest BCUT2D eigenvalue weighted by molar-refractivity contribution is 5.76. The normalized spacial score (nSPS) is 11.0. The van der Waals surface area contributed by atoms with Gasteiger partial charge >= 0.3 is 6.18 Å². The van der Waals surface area contributed by atoms with Crippen LogP contribution in [-0.4, -0.2) is 16.1 Å². The van der Waals surface area contributed by atoms with Crippen LogP contribution in [0.15, 0.2) is 6.20 Å². The van der Waals surface area contributed by atoms with Crippen molar-refractivity contribution >= 4 is 6.29 Å². The second-order valence-electron chi connectivity index (χ2n) is 2.40. The lowest BCUT2D eigenvalue weighted by Gasteiger charge is -2.01. The zero-order valence-electron chi connectivity index (χ0n) is 6.75. The van der Waals surface area contributed by atoms with Crippen LogP contribution >= 0.6 is 0 Å². The van der Waals surface area contributed by atoms with Crippen LogP contribution in [0.25, 0.3) is 0 Å². The van der Waals surface area contributed by atoms with E-state index in [1.807, 2.05) is 0 Å². The first-order valence-corrected chi connectivity index (χ1v) is 3.46. The van der Waals surface area contributed by atoms with Crippen molar-refractivity contribution in [2.45, 2.75) is 12.7 Å². The second-order valence-corrected chi connectivity index (χ2v) is 2.40. The Hall–Kier alpha value is -1.84. The quantitative estimate of drug-likeness (QED) is 0.679. The number of aldehydes is 1. The number of halogens is 3. The maximum absolute atomic E-state index is 12.2. The van der Waals surface area contributed by atoms with Crippen molar-refractivity contribution in [3.63, 3.8) is 0 Å². The Balaban J connectivity index is 3.17. The smallest absolute Gasteiger partial charge is 0.298 e. The van der Waals surface area contributed by atoms with Crippen LogP contribution in [0.1, 0.15) is 16.1 Å². The van der Waals surface area contributed by atoms with Crippen LogP contribution in [0.5, 0.6) is 0 Å². The number of carbonyl (C=O) groups excluding carboxylic acids is 1. The van der Waals surface area contributed by atoms with Crippen molar-refractivity contribution < 1.29 is 18.0 Å². The van der Waals surface area contributed by atoms with Gasteiger partial charge in [-0.15, -0.1) is 0 Å². The molecule has 0 amide bonds. The number of nitriles is 1. The van der Waals surface area contributed by atoms with E-state index < -0.39 is 17.4 Å². The maximum Gasteiger partial charge on any atom is 0.435 e. The molecule has 1 rings (SSSR count). The summed E-state index contributed by atoms with van der Waals surface area (Å²) in [5.41, 5.74) is -1.82. The third-order valence-corrected chi connectivity index (χ3v) is 1.42. The van der Waals surface area contributed by atoms with Crippen molar-refractivity contribution in [2.75, 3.05) is 0 Å². The number of aromatic nitrogens is 2. The molecule has 0 fully saturated rings. The first-order chi connectivity index (χ1) is 6.49. The van der Waals surface area contributed by atoms with Gasteiger partial charge in [0.15, 0.2) is 12.0 Å². The van der Waals surface area contributed by atoms with E-state index in [9.17, 15) is 18.0 Å². The molecule has 74 valence electrons. The van der Waals surface area contributed by atoms with Crippen LogP contribution in [0.4, 0.5) is 13.2 Å². The average molecular weight is 203 g/mol. The molecule has 0 unspecified atom stereocenters. The van der Waals surface area contributed by atoms with E-state index in [0.717, 1.165) is 10.9 Å². The highest BCUT2D eigenvalue weighted by Gasteiger charge is 2.37. The minimum Gasteiger partial charge on any atom is -0.298 e. The lowest BCUT2D eigenvalue weighted by Crippen LogP contribution is -2.09. The molecule has 0 aromatic carbocycles. The molecular weight excluding hydrogens is 199 g/mol. The van der Waals surface area contributed by atoms with Crippen molar-refractivity contribution in [3.05, 3.63) is 17.5 Å². The van der Waals surface area contributed by atoms with E-state index >= 15 is 0 Å². The van der Waals surface area contributed by atoms with Gasteiger partial charge in [0.2, 0.25) is 0 Å². The van der Waals surface area contributed by atoms with Crippen molar-refractivity contribution in [1.29, 1.82) is 5.26 Å². The average Bonchev–Trinajstić information content (AvgIpc) is 2.47. The fraction of sp³-hybridized carbons (Fsp3) is 0.286. The highest BCUT2D eigenvalue weighted by atomic mass is 19.4. The summed E-state index contributed by atoms with van der Waals surface area (Å²) in [5, 5.41) is 11.3. The van der Waals surface area contributed by atoms with Gasteiger partial charge in [-0.25, -0.2) is 0 Å². The Morgan fingerprint density at radius 3 is 2.64 bits per heavy atom. The fourth-order valence-electron chi connectivity index (χ4n) is 0.897. The van der Waals surface area contributed by atoms with E-state index in [2.05, 4.69) is 5.10 Å². The number of rotatable bonds is 2. The molecule has 7 heteroatoms. The number of alkyl halides is 3. The van der Waals surface area contributed by atoms with Crippen molar-refractivity contribution in [3.8, 4) is 6.07 Å². The number of nitrogens with zero attached hydrogens (tertiary/aromatic N) is 3. The fourth-order valence-corrected chi connectivity index (χ4v) is 0.897. The van der Waals surface area contributed by atoms with Crippen molar-refractivity contribution in [1.82, 2.24) is 9.78 Å². The summed E-state index contributed by atoms with van der Waals surface area (Å²) < 4.78 is 37.3. The van der Waals surface area contributed by atoms with Gasteiger partial charge in [-0.1, -0.05) is 0 Å². The summed E-state index contributed by atoms with van der Waals surface area (Å²) in [6.07, 6.45) is -3.72. The minimum absolute atomic E-state index is 0.0592. The molecule has 0 bridgehead atoms. The zero-order chi connectivity index (χ0) is 10.8. The lowest BCUT2D eigenvalue weighted by molar-refractivity contribution is -0.141. The summed E-state index contributed by atoms with van der Waals surface area (Å²) in [4.78, 5) is 10.3. The van der Waals surface area contributed by atoms with Gasteiger partial charge in [0.05, 0.1) is 11.6 Å². The second kappa shape index (κ2) is 3.49. The van der Waals surface area contributed by atoms with E-state index in [0.29, 0.717) is 0 Å². The van der Waals surface area contributed by atoms with Gasteiger partial charge < -0.3 is 0 Å². The molecule has 0 aliphatic carbocycles. The molecular formula is C7H4F3N3O.